The van der Waals surface area contributed by atoms with Crippen molar-refractivity contribution in [1.82, 2.24) is 4.90 Å². The van der Waals surface area contributed by atoms with Crippen molar-refractivity contribution < 1.29 is 4.79 Å². The minimum atomic E-state index is 0.0734. The van der Waals surface area contributed by atoms with Crippen molar-refractivity contribution in [3.63, 3.8) is 0 Å². The van der Waals surface area contributed by atoms with E-state index < -0.39 is 0 Å². The number of hydrogen-bond acceptors (Lipinski definition) is 4. The molecule has 1 saturated heterocycles. The molecule has 122 valence electrons. The largest absolute Gasteiger partial charge is 0.285 e. The van der Waals surface area contributed by atoms with Crippen LogP contribution in [0.25, 0.3) is 0 Å². The quantitative estimate of drug-likeness (QED) is 0.630. The average Bonchev–Trinajstić information content (AvgIpc) is 2.91. The molecule has 0 saturated carbocycles. The van der Waals surface area contributed by atoms with E-state index in [1.54, 1.807) is 11.1 Å². The molecule has 1 fully saturated rings. The van der Waals surface area contributed by atoms with Crippen LogP contribution in [-0.2, 0) is 11.3 Å². The number of benzene rings is 2. The molecule has 2 aromatic carbocycles. The topological polar surface area (TPSA) is 45.0 Å². The van der Waals surface area contributed by atoms with E-state index in [2.05, 4.69) is 36.2 Å². The number of hydrogen-bond donors (Lipinski definition) is 0. The van der Waals surface area contributed by atoms with Crippen LogP contribution in [0.5, 0.6) is 0 Å². The summed E-state index contributed by atoms with van der Waals surface area (Å²) in [6.07, 6.45) is 1.74. The lowest BCUT2D eigenvalue weighted by atomic mass is 10.1. The zero-order chi connectivity index (χ0) is 16.9. The Morgan fingerprint density at radius 1 is 1.17 bits per heavy atom. The Morgan fingerprint density at radius 3 is 2.71 bits per heavy atom. The number of carbonyl (C=O) groups excluding carboxylic acids is 1. The first-order valence-electron chi connectivity index (χ1n) is 7.79. The minimum absolute atomic E-state index is 0.0734. The molecule has 1 aliphatic rings. The van der Waals surface area contributed by atoms with Gasteiger partial charge in [-0.2, -0.15) is 5.10 Å². The Bertz CT molecular complexity index is 800. The zero-order valence-corrected chi connectivity index (χ0v) is 14.6. The van der Waals surface area contributed by atoms with Gasteiger partial charge in [0.15, 0.2) is 5.17 Å². The van der Waals surface area contributed by atoms with Gasteiger partial charge < -0.3 is 0 Å². The third kappa shape index (κ3) is 3.92. The van der Waals surface area contributed by atoms with E-state index in [9.17, 15) is 4.79 Å². The Hall–Kier alpha value is -2.40. The number of aryl methyl sites for hydroxylation is 2. The summed E-state index contributed by atoms with van der Waals surface area (Å²) in [5.41, 5.74) is 4.51. The van der Waals surface area contributed by atoms with E-state index >= 15 is 0 Å². The summed E-state index contributed by atoms with van der Waals surface area (Å²) in [6, 6.07) is 16.1. The van der Waals surface area contributed by atoms with E-state index in [1.807, 2.05) is 36.4 Å². The second-order valence-electron chi connectivity index (χ2n) is 5.74. The van der Waals surface area contributed by atoms with Crippen LogP contribution >= 0.6 is 11.8 Å². The highest BCUT2D eigenvalue weighted by atomic mass is 32.2. The molecule has 2 aromatic rings. The third-order valence-corrected chi connectivity index (χ3v) is 4.76. The Balaban J connectivity index is 1.75. The molecular weight excluding hydrogens is 318 g/mol. The number of rotatable bonds is 4. The van der Waals surface area contributed by atoms with E-state index in [1.165, 1.54) is 17.3 Å². The standard InChI is InChI=1S/C19H19N3OS/c1-14-8-9-17(15(2)10-14)11-20-21-19-22(18(23)13-24-19)12-16-6-4-3-5-7-16/h3-11H,12-13H2,1-2H3/b20-11+,21-19-. The van der Waals surface area contributed by atoms with Gasteiger partial charge in [-0.3, -0.25) is 9.69 Å². The lowest BCUT2D eigenvalue weighted by Gasteiger charge is -2.14. The molecule has 0 spiro atoms. The fourth-order valence-electron chi connectivity index (χ4n) is 2.50. The second kappa shape index (κ2) is 7.45. The van der Waals surface area contributed by atoms with Crippen LogP contribution in [0.3, 0.4) is 0 Å². The van der Waals surface area contributed by atoms with Crippen molar-refractivity contribution in [3.05, 3.63) is 70.8 Å². The van der Waals surface area contributed by atoms with Gasteiger partial charge in [-0.25, -0.2) is 0 Å². The number of thioether (sulfide) groups is 1. The molecular formula is C19H19N3OS. The predicted octanol–water partition coefficient (Wildman–Crippen LogP) is 3.77. The number of amidine groups is 1. The fraction of sp³-hybridized carbons (Fsp3) is 0.211. The number of nitrogens with zero attached hydrogens (tertiary/aromatic N) is 3. The van der Waals surface area contributed by atoms with Crippen molar-refractivity contribution >= 4 is 29.1 Å². The minimum Gasteiger partial charge on any atom is -0.285 e. The van der Waals surface area contributed by atoms with E-state index in [0.717, 1.165) is 16.7 Å². The molecule has 1 aliphatic heterocycles. The normalized spacial score (nSPS) is 16.5. The molecule has 1 heterocycles. The SMILES string of the molecule is Cc1ccc(/C=N/N=C2\SCC(=O)N2Cc2ccccc2)c(C)c1. The number of amides is 1. The second-order valence-corrected chi connectivity index (χ2v) is 6.68. The monoisotopic (exact) mass is 337 g/mol. The van der Waals surface area contributed by atoms with Crippen LogP contribution in [0.15, 0.2) is 58.7 Å². The van der Waals surface area contributed by atoms with Gasteiger partial charge in [0.2, 0.25) is 5.91 Å². The highest BCUT2D eigenvalue weighted by molar-refractivity contribution is 8.15. The van der Waals surface area contributed by atoms with Crippen LogP contribution in [0.4, 0.5) is 0 Å². The summed E-state index contributed by atoms with van der Waals surface area (Å²) in [5, 5.41) is 9.11. The highest BCUT2D eigenvalue weighted by Gasteiger charge is 2.28. The van der Waals surface area contributed by atoms with Crippen molar-refractivity contribution in [2.75, 3.05) is 5.75 Å². The van der Waals surface area contributed by atoms with E-state index in [4.69, 9.17) is 0 Å². The highest BCUT2D eigenvalue weighted by Crippen LogP contribution is 2.22. The zero-order valence-electron chi connectivity index (χ0n) is 13.8. The maximum atomic E-state index is 12.1. The number of carbonyl (C=O) groups is 1. The maximum absolute atomic E-state index is 12.1. The summed E-state index contributed by atoms with van der Waals surface area (Å²) in [5.74, 6) is 0.495. The van der Waals surface area contributed by atoms with Crippen LogP contribution in [0.2, 0.25) is 0 Å². The predicted molar refractivity (Wildman–Crippen MR) is 100 cm³/mol. The Kier molecular flexibility index (Phi) is 5.11. The van der Waals surface area contributed by atoms with Crippen molar-refractivity contribution in [3.8, 4) is 0 Å². The van der Waals surface area contributed by atoms with Gasteiger partial charge in [0.1, 0.15) is 0 Å². The van der Waals surface area contributed by atoms with Gasteiger partial charge in [0.05, 0.1) is 18.5 Å². The van der Waals surface area contributed by atoms with Gasteiger partial charge in [-0.05, 0) is 30.5 Å². The first kappa shape index (κ1) is 16.5. The summed E-state index contributed by atoms with van der Waals surface area (Å²) in [4.78, 5) is 13.8. The average molecular weight is 337 g/mol. The molecule has 24 heavy (non-hydrogen) atoms. The molecule has 1 amide bonds. The molecule has 4 nitrogen and oxygen atoms in total. The lowest BCUT2D eigenvalue weighted by Crippen LogP contribution is -2.28. The molecule has 5 heteroatoms. The third-order valence-electron chi connectivity index (χ3n) is 3.81. The smallest absolute Gasteiger partial charge is 0.239 e. The fourth-order valence-corrected chi connectivity index (χ4v) is 3.34. The summed E-state index contributed by atoms with van der Waals surface area (Å²) >= 11 is 1.43. The van der Waals surface area contributed by atoms with Gasteiger partial charge in [0.25, 0.3) is 0 Å². The summed E-state index contributed by atoms with van der Waals surface area (Å²) in [7, 11) is 0. The van der Waals surface area contributed by atoms with Crippen LogP contribution in [0, 0.1) is 13.8 Å². The van der Waals surface area contributed by atoms with E-state index in [-0.39, 0.29) is 5.91 Å². The molecule has 0 N–H and O–H groups in total. The van der Waals surface area contributed by atoms with Gasteiger partial charge in [-0.1, -0.05) is 65.9 Å². The Labute approximate surface area is 146 Å². The summed E-state index contributed by atoms with van der Waals surface area (Å²) in [6.45, 7) is 4.65. The first-order chi connectivity index (χ1) is 11.6. The molecule has 0 aliphatic carbocycles. The molecule has 0 unspecified atom stereocenters. The van der Waals surface area contributed by atoms with Crippen LogP contribution in [-0.4, -0.2) is 27.9 Å². The Morgan fingerprint density at radius 2 is 1.96 bits per heavy atom. The van der Waals surface area contributed by atoms with Crippen LogP contribution < -0.4 is 0 Å². The maximum Gasteiger partial charge on any atom is 0.239 e. The molecule has 0 atom stereocenters. The first-order valence-corrected chi connectivity index (χ1v) is 8.77. The van der Waals surface area contributed by atoms with Gasteiger partial charge >= 0.3 is 0 Å². The van der Waals surface area contributed by atoms with Gasteiger partial charge in [-0.15, -0.1) is 5.10 Å². The van der Waals surface area contributed by atoms with E-state index in [0.29, 0.717) is 17.5 Å². The van der Waals surface area contributed by atoms with Crippen LogP contribution in [0.1, 0.15) is 22.3 Å². The van der Waals surface area contributed by atoms with Crippen molar-refractivity contribution in [2.24, 2.45) is 10.2 Å². The van der Waals surface area contributed by atoms with Crippen molar-refractivity contribution in [1.29, 1.82) is 0 Å². The lowest BCUT2D eigenvalue weighted by molar-refractivity contribution is -0.124. The molecule has 0 bridgehead atoms. The molecule has 0 aromatic heterocycles. The van der Waals surface area contributed by atoms with Crippen molar-refractivity contribution in [2.45, 2.75) is 20.4 Å². The molecule has 3 rings (SSSR count). The van der Waals surface area contributed by atoms with Gasteiger partial charge in [0, 0.05) is 0 Å². The summed E-state index contributed by atoms with van der Waals surface area (Å²) < 4.78 is 0. The molecule has 0 radical (unpaired) electrons.